The van der Waals surface area contributed by atoms with Gasteiger partial charge in [-0.1, -0.05) is 31.6 Å². The largest absolute Gasteiger partial charge is 0.341 e. The van der Waals surface area contributed by atoms with Crippen molar-refractivity contribution in [3.05, 3.63) is 0 Å². The molecule has 0 rings (SSSR count). The van der Waals surface area contributed by atoms with Crippen LogP contribution in [0.25, 0.3) is 0 Å². The first-order chi connectivity index (χ1) is 6.57. The smallest absolute Gasteiger partial charge is 0.219 e. The zero-order valence-corrected chi connectivity index (χ0v) is 12.3. The lowest BCUT2D eigenvalue weighted by molar-refractivity contribution is -0.130. The summed E-state index contributed by atoms with van der Waals surface area (Å²) in [5.41, 5.74) is 0.142. The molecular weight excluding hydrogens is 226 g/mol. The molecule has 0 bridgehead atoms. The molecule has 0 aromatic heterocycles. The van der Waals surface area contributed by atoms with Crippen LogP contribution in [0.2, 0.25) is 0 Å². The molecule has 90 valence electrons. The fourth-order valence-electron chi connectivity index (χ4n) is 1.34. The average molecular weight is 249 g/mol. The molecule has 0 aromatic rings. The molecule has 2 nitrogen and oxygen atoms in total. The highest BCUT2D eigenvalue weighted by Crippen LogP contribution is 2.29. The number of amides is 1. The predicted molar refractivity (Wildman–Crippen MR) is 72.4 cm³/mol. The van der Waals surface area contributed by atoms with Crippen LogP contribution in [-0.2, 0) is 4.79 Å². The van der Waals surface area contributed by atoms with Crippen LogP contribution in [0.3, 0.4) is 0 Å². The Bertz CT molecular complexity index is 221. The van der Waals surface area contributed by atoms with Crippen molar-refractivity contribution in [3.8, 4) is 0 Å². The van der Waals surface area contributed by atoms with Gasteiger partial charge in [0.15, 0.2) is 0 Å². The number of hydrogen-bond acceptors (Lipinski definition) is 3. The van der Waals surface area contributed by atoms with Crippen LogP contribution in [0.15, 0.2) is 0 Å². The van der Waals surface area contributed by atoms with Gasteiger partial charge in [0.1, 0.15) is 0 Å². The molecule has 0 aliphatic rings. The van der Waals surface area contributed by atoms with E-state index in [1.807, 2.05) is 4.90 Å². The molecule has 0 atom stereocenters. The first-order valence-corrected chi connectivity index (χ1v) is 7.02. The summed E-state index contributed by atoms with van der Waals surface area (Å²) in [5, 5.41) is 0. The van der Waals surface area contributed by atoms with Crippen molar-refractivity contribution in [2.45, 2.75) is 46.3 Å². The van der Waals surface area contributed by atoms with E-state index in [2.05, 4.69) is 46.3 Å². The molecule has 0 fully saturated rings. The van der Waals surface area contributed by atoms with Crippen LogP contribution < -0.4 is 0 Å². The number of thiol groups is 1. The Morgan fingerprint density at radius 3 is 1.93 bits per heavy atom. The molecule has 0 aliphatic carbocycles. The summed E-state index contributed by atoms with van der Waals surface area (Å²) in [6.45, 7) is 13.8. The second-order valence-electron chi connectivity index (χ2n) is 5.79. The quantitative estimate of drug-likeness (QED) is 0.610. The molecule has 0 saturated carbocycles. The maximum atomic E-state index is 11.5. The monoisotopic (exact) mass is 249 g/mol. The van der Waals surface area contributed by atoms with Crippen molar-refractivity contribution in [1.82, 2.24) is 4.90 Å². The van der Waals surface area contributed by atoms with Crippen LogP contribution in [0.4, 0.5) is 0 Å². The highest BCUT2D eigenvalue weighted by molar-refractivity contribution is 8.69. The standard InChI is InChI=1S/C11H23NOS2/c1-9(13)12(7-10(2,3)4)8-11(5,6)15-14/h14H,7-8H2,1-6H3. The fraction of sp³-hybridized carbons (Fsp3) is 0.909. The summed E-state index contributed by atoms with van der Waals surface area (Å²) in [5.74, 6) is 0.139. The second-order valence-corrected chi connectivity index (χ2v) is 7.62. The van der Waals surface area contributed by atoms with Crippen molar-refractivity contribution in [3.63, 3.8) is 0 Å². The zero-order chi connectivity index (χ0) is 12.3. The minimum absolute atomic E-state index is 0.0000309. The molecule has 0 radical (unpaired) electrons. The van der Waals surface area contributed by atoms with Gasteiger partial charge < -0.3 is 4.90 Å². The van der Waals surface area contributed by atoms with Crippen LogP contribution >= 0.6 is 22.5 Å². The fourth-order valence-corrected chi connectivity index (χ4v) is 1.73. The Labute approximate surface area is 103 Å². The molecule has 15 heavy (non-hydrogen) atoms. The summed E-state index contributed by atoms with van der Waals surface area (Å²) in [6.07, 6.45) is 0. The van der Waals surface area contributed by atoms with E-state index < -0.39 is 0 Å². The highest BCUT2D eigenvalue weighted by atomic mass is 33.1. The van der Waals surface area contributed by atoms with Crippen molar-refractivity contribution < 1.29 is 4.79 Å². The van der Waals surface area contributed by atoms with Crippen molar-refractivity contribution in [2.24, 2.45) is 5.41 Å². The minimum Gasteiger partial charge on any atom is -0.341 e. The summed E-state index contributed by atoms with van der Waals surface area (Å²) in [7, 11) is 1.50. The molecule has 0 saturated heterocycles. The van der Waals surface area contributed by atoms with Crippen LogP contribution in [-0.4, -0.2) is 28.6 Å². The van der Waals surface area contributed by atoms with Gasteiger partial charge in [-0.3, -0.25) is 4.79 Å². The van der Waals surface area contributed by atoms with Crippen LogP contribution in [0.5, 0.6) is 0 Å². The Kier molecular flexibility index (Phi) is 5.55. The number of nitrogens with zero attached hydrogens (tertiary/aromatic N) is 1. The molecule has 0 aromatic carbocycles. The number of hydrogen-bond donors (Lipinski definition) is 1. The van der Waals surface area contributed by atoms with E-state index in [1.165, 1.54) is 10.8 Å². The molecule has 0 spiro atoms. The van der Waals surface area contributed by atoms with E-state index in [9.17, 15) is 4.79 Å². The second kappa shape index (κ2) is 5.48. The van der Waals surface area contributed by atoms with E-state index in [4.69, 9.17) is 0 Å². The number of carbonyl (C=O) groups is 1. The summed E-state index contributed by atoms with van der Waals surface area (Å²) < 4.78 is 0.0000309. The van der Waals surface area contributed by atoms with E-state index in [-0.39, 0.29) is 16.1 Å². The normalized spacial score (nSPS) is 12.7. The highest BCUT2D eigenvalue weighted by Gasteiger charge is 2.26. The lowest BCUT2D eigenvalue weighted by Crippen LogP contribution is -2.43. The molecule has 4 heteroatoms. The van der Waals surface area contributed by atoms with Crippen LogP contribution in [0, 0.1) is 5.41 Å². The zero-order valence-electron chi connectivity index (χ0n) is 10.6. The van der Waals surface area contributed by atoms with Gasteiger partial charge in [-0.2, -0.15) is 0 Å². The molecule has 0 heterocycles. The first kappa shape index (κ1) is 15.2. The third-order valence-corrected chi connectivity index (χ3v) is 4.04. The van der Waals surface area contributed by atoms with E-state index >= 15 is 0 Å². The molecule has 0 aliphatic heterocycles. The van der Waals surface area contributed by atoms with Gasteiger partial charge in [-0.25, -0.2) is 0 Å². The number of carbonyl (C=O) groups excluding carboxylic acids is 1. The van der Waals surface area contributed by atoms with Crippen molar-refractivity contribution in [1.29, 1.82) is 0 Å². The van der Waals surface area contributed by atoms with Gasteiger partial charge in [0.25, 0.3) is 0 Å². The molecule has 1 amide bonds. The van der Waals surface area contributed by atoms with E-state index in [0.717, 1.165) is 13.1 Å². The minimum atomic E-state index is 0.0000309. The predicted octanol–water partition coefficient (Wildman–Crippen LogP) is 3.24. The first-order valence-electron chi connectivity index (χ1n) is 5.15. The Morgan fingerprint density at radius 2 is 1.67 bits per heavy atom. The van der Waals surface area contributed by atoms with Gasteiger partial charge in [0.2, 0.25) is 5.91 Å². The van der Waals surface area contributed by atoms with Crippen molar-refractivity contribution >= 4 is 28.4 Å². The third kappa shape index (κ3) is 7.12. The SMILES string of the molecule is CC(=O)N(CC(C)(C)C)CC(C)(C)SS. The molecule has 0 unspecified atom stereocenters. The molecular formula is C11H23NOS2. The summed E-state index contributed by atoms with van der Waals surface area (Å²) >= 11 is 4.23. The average Bonchev–Trinajstić information content (AvgIpc) is 2.00. The summed E-state index contributed by atoms with van der Waals surface area (Å²) in [4.78, 5) is 13.4. The third-order valence-electron chi connectivity index (χ3n) is 1.93. The Hall–Kier alpha value is 0.170. The Morgan fingerprint density at radius 1 is 1.20 bits per heavy atom. The van der Waals surface area contributed by atoms with Gasteiger partial charge >= 0.3 is 0 Å². The van der Waals surface area contributed by atoms with E-state index in [1.54, 1.807) is 6.92 Å². The summed E-state index contributed by atoms with van der Waals surface area (Å²) in [6, 6.07) is 0. The van der Waals surface area contributed by atoms with Gasteiger partial charge in [0.05, 0.1) is 0 Å². The van der Waals surface area contributed by atoms with Gasteiger partial charge in [-0.15, -0.1) is 11.7 Å². The molecule has 0 N–H and O–H groups in total. The topological polar surface area (TPSA) is 20.3 Å². The lowest BCUT2D eigenvalue weighted by atomic mass is 9.95. The lowest BCUT2D eigenvalue weighted by Gasteiger charge is -2.34. The van der Waals surface area contributed by atoms with E-state index in [0.29, 0.717) is 0 Å². The Balaban J connectivity index is 4.50. The number of rotatable bonds is 4. The van der Waals surface area contributed by atoms with Crippen molar-refractivity contribution in [2.75, 3.05) is 13.1 Å². The maximum Gasteiger partial charge on any atom is 0.219 e. The van der Waals surface area contributed by atoms with Crippen LogP contribution in [0.1, 0.15) is 41.5 Å². The van der Waals surface area contributed by atoms with Gasteiger partial charge in [-0.05, 0) is 19.3 Å². The van der Waals surface area contributed by atoms with Gasteiger partial charge in [0, 0.05) is 24.8 Å². The maximum absolute atomic E-state index is 11.5.